The number of hydrogen-bond donors (Lipinski definition) is 1. The van der Waals surface area contributed by atoms with Gasteiger partial charge in [-0.05, 0) is 43.4 Å². The number of nitrogens with one attached hydrogen (secondary N) is 1. The van der Waals surface area contributed by atoms with Gasteiger partial charge in [-0.2, -0.15) is 5.26 Å². The monoisotopic (exact) mass is 244 g/mol. The molecule has 0 bridgehead atoms. The van der Waals surface area contributed by atoms with Crippen LogP contribution in [0.2, 0.25) is 0 Å². The quantitative estimate of drug-likeness (QED) is 0.837. The molecule has 1 aromatic rings. The van der Waals surface area contributed by atoms with Gasteiger partial charge in [-0.1, -0.05) is 18.6 Å². The van der Waals surface area contributed by atoms with E-state index in [2.05, 4.69) is 18.3 Å². The first-order valence-electron chi connectivity index (χ1n) is 6.61. The summed E-state index contributed by atoms with van der Waals surface area (Å²) in [6.45, 7) is 3.23. The highest BCUT2D eigenvalue weighted by atomic mass is 16.5. The average molecular weight is 244 g/mol. The van der Waals surface area contributed by atoms with E-state index in [-0.39, 0.29) is 6.61 Å². The van der Waals surface area contributed by atoms with Crippen LogP contribution >= 0.6 is 0 Å². The molecule has 0 spiro atoms. The third kappa shape index (κ3) is 3.48. The Kier molecular flexibility index (Phi) is 4.60. The molecule has 18 heavy (non-hydrogen) atoms. The van der Waals surface area contributed by atoms with Crippen molar-refractivity contribution in [1.29, 1.82) is 5.26 Å². The van der Waals surface area contributed by atoms with Crippen molar-refractivity contribution in [1.82, 2.24) is 5.32 Å². The van der Waals surface area contributed by atoms with Gasteiger partial charge in [0.05, 0.1) is 0 Å². The van der Waals surface area contributed by atoms with Gasteiger partial charge in [-0.3, -0.25) is 0 Å². The van der Waals surface area contributed by atoms with Crippen LogP contribution in [0.3, 0.4) is 0 Å². The first kappa shape index (κ1) is 12.9. The molecule has 0 saturated heterocycles. The summed E-state index contributed by atoms with van der Waals surface area (Å²) in [5.74, 6) is 1.62. The van der Waals surface area contributed by atoms with Crippen molar-refractivity contribution in [3.8, 4) is 11.8 Å². The SMILES string of the molecule is CC(NCc1cccc(OCC#N)c1)C1CCC1. The molecule has 96 valence electrons. The van der Waals surface area contributed by atoms with Gasteiger partial charge >= 0.3 is 0 Å². The summed E-state index contributed by atoms with van der Waals surface area (Å²) in [6, 6.07) is 10.5. The van der Waals surface area contributed by atoms with Gasteiger partial charge < -0.3 is 10.1 Å². The van der Waals surface area contributed by atoms with Gasteiger partial charge in [0.1, 0.15) is 11.8 Å². The minimum atomic E-state index is 0.107. The lowest BCUT2D eigenvalue weighted by molar-refractivity contribution is 0.240. The van der Waals surface area contributed by atoms with Crippen LogP contribution in [0, 0.1) is 17.2 Å². The Labute approximate surface area is 109 Å². The normalized spacial score (nSPS) is 16.7. The van der Waals surface area contributed by atoms with Crippen LogP contribution in [0.5, 0.6) is 5.75 Å². The third-order valence-corrected chi connectivity index (χ3v) is 3.69. The van der Waals surface area contributed by atoms with E-state index in [4.69, 9.17) is 10.00 Å². The van der Waals surface area contributed by atoms with E-state index in [0.29, 0.717) is 6.04 Å². The fraction of sp³-hybridized carbons (Fsp3) is 0.533. The molecule has 0 aliphatic heterocycles. The first-order chi connectivity index (χ1) is 8.79. The molecule has 1 aromatic carbocycles. The number of nitrogens with zero attached hydrogens (tertiary/aromatic N) is 1. The second-order valence-corrected chi connectivity index (χ2v) is 4.95. The zero-order chi connectivity index (χ0) is 12.8. The highest BCUT2D eigenvalue weighted by molar-refractivity contribution is 5.28. The van der Waals surface area contributed by atoms with E-state index in [9.17, 15) is 0 Å². The molecule has 1 saturated carbocycles. The largest absolute Gasteiger partial charge is 0.479 e. The molecule has 1 fully saturated rings. The minimum absolute atomic E-state index is 0.107. The lowest BCUT2D eigenvalue weighted by Crippen LogP contribution is -2.36. The highest BCUT2D eigenvalue weighted by Gasteiger charge is 2.23. The number of hydrogen-bond acceptors (Lipinski definition) is 3. The second kappa shape index (κ2) is 6.42. The van der Waals surface area contributed by atoms with Gasteiger partial charge in [-0.25, -0.2) is 0 Å². The molecule has 1 aliphatic carbocycles. The third-order valence-electron chi connectivity index (χ3n) is 3.69. The minimum Gasteiger partial charge on any atom is -0.479 e. The van der Waals surface area contributed by atoms with Crippen LogP contribution in [0.1, 0.15) is 31.7 Å². The van der Waals surface area contributed by atoms with Crippen molar-refractivity contribution in [2.75, 3.05) is 6.61 Å². The average Bonchev–Trinajstić information content (AvgIpc) is 2.32. The Morgan fingerprint density at radius 1 is 1.50 bits per heavy atom. The lowest BCUT2D eigenvalue weighted by Gasteiger charge is -2.32. The molecule has 1 atom stereocenters. The number of rotatable bonds is 6. The summed E-state index contributed by atoms with van der Waals surface area (Å²) in [4.78, 5) is 0. The Balaban J connectivity index is 1.82. The van der Waals surface area contributed by atoms with E-state index < -0.39 is 0 Å². The van der Waals surface area contributed by atoms with Gasteiger partial charge in [0.2, 0.25) is 0 Å². The van der Waals surface area contributed by atoms with Gasteiger partial charge in [-0.15, -0.1) is 0 Å². The molecule has 0 amide bonds. The number of nitriles is 1. The molecule has 1 unspecified atom stereocenters. The zero-order valence-corrected chi connectivity index (χ0v) is 10.9. The first-order valence-corrected chi connectivity index (χ1v) is 6.61. The molecule has 0 aromatic heterocycles. The summed E-state index contributed by atoms with van der Waals surface area (Å²) in [5.41, 5.74) is 1.21. The van der Waals surface area contributed by atoms with E-state index in [1.807, 2.05) is 24.3 Å². The van der Waals surface area contributed by atoms with Crippen molar-refractivity contribution >= 4 is 0 Å². The zero-order valence-electron chi connectivity index (χ0n) is 10.9. The Bertz CT molecular complexity index is 421. The van der Waals surface area contributed by atoms with E-state index in [1.165, 1.54) is 24.8 Å². The van der Waals surface area contributed by atoms with Gasteiger partial charge in [0, 0.05) is 12.6 Å². The maximum absolute atomic E-state index is 8.48. The van der Waals surface area contributed by atoms with Gasteiger partial charge in [0.15, 0.2) is 6.61 Å². The molecular formula is C15H20N2O. The molecule has 3 heteroatoms. The van der Waals surface area contributed by atoms with Crippen LogP contribution in [-0.2, 0) is 6.54 Å². The molecule has 0 heterocycles. The Morgan fingerprint density at radius 2 is 2.33 bits per heavy atom. The fourth-order valence-electron chi connectivity index (χ4n) is 2.25. The standard InChI is InChI=1S/C15H20N2O/c1-12(14-5-3-6-14)17-11-13-4-2-7-15(10-13)18-9-8-16/h2,4,7,10,12,14,17H,3,5-6,9,11H2,1H3. The van der Waals surface area contributed by atoms with E-state index in [0.717, 1.165) is 18.2 Å². The van der Waals surface area contributed by atoms with E-state index in [1.54, 1.807) is 0 Å². The molecule has 2 rings (SSSR count). The molecule has 1 N–H and O–H groups in total. The summed E-state index contributed by atoms with van der Waals surface area (Å²) < 4.78 is 5.29. The van der Waals surface area contributed by atoms with Crippen LogP contribution < -0.4 is 10.1 Å². The summed E-state index contributed by atoms with van der Waals surface area (Å²) in [5, 5.41) is 12.0. The summed E-state index contributed by atoms with van der Waals surface area (Å²) in [6.07, 6.45) is 4.10. The summed E-state index contributed by atoms with van der Waals surface area (Å²) in [7, 11) is 0. The number of benzene rings is 1. The van der Waals surface area contributed by atoms with Crippen LogP contribution in [0.25, 0.3) is 0 Å². The molecule has 3 nitrogen and oxygen atoms in total. The summed E-state index contributed by atoms with van der Waals surface area (Å²) >= 11 is 0. The van der Waals surface area contributed by atoms with Crippen LogP contribution in [0.15, 0.2) is 24.3 Å². The Hall–Kier alpha value is -1.53. The molecule has 1 aliphatic rings. The fourth-order valence-corrected chi connectivity index (χ4v) is 2.25. The topological polar surface area (TPSA) is 45.0 Å². The predicted octanol–water partition coefficient (Wildman–Crippen LogP) is 2.87. The van der Waals surface area contributed by atoms with Crippen molar-refractivity contribution in [3.05, 3.63) is 29.8 Å². The maximum Gasteiger partial charge on any atom is 0.174 e. The van der Waals surface area contributed by atoms with Gasteiger partial charge in [0.25, 0.3) is 0 Å². The lowest BCUT2D eigenvalue weighted by atomic mass is 9.80. The highest BCUT2D eigenvalue weighted by Crippen LogP contribution is 2.29. The van der Waals surface area contributed by atoms with Crippen molar-refractivity contribution in [2.45, 2.75) is 38.8 Å². The van der Waals surface area contributed by atoms with Crippen LogP contribution in [-0.4, -0.2) is 12.6 Å². The smallest absolute Gasteiger partial charge is 0.174 e. The second-order valence-electron chi connectivity index (χ2n) is 4.95. The van der Waals surface area contributed by atoms with Crippen molar-refractivity contribution < 1.29 is 4.74 Å². The number of ether oxygens (including phenoxy) is 1. The Morgan fingerprint density at radius 3 is 3.00 bits per heavy atom. The van der Waals surface area contributed by atoms with Crippen molar-refractivity contribution in [3.63, 3.8) is 0 Å². The van der Waals surface area contributed by atoms with Crippen molar-refractivity contribution in [2.24, 2.45) is 5.92 Å². The van der Waals surface area contributed by atoms with Crippen LogP contribution in [0.4, 0.5) is 0 Å². The predicted molar refractivity (Wildman–Crippen MR) is 71.2 cm³/mol. The molecule has 0 radical (unpaired) electrons. The maximum atomic E-state index is 8.48. The van der Waals surface area contributed by atoms with E-state index >= 15 is 0 Å². The molecular weight excluding hydrogens is 224 g/mol.